The number of piperidine rings is 1. The first-order chi connectivity index (χ1) is 10.2. The second-order valence-corrected chi connectivity index (χ2v) is 7.76. The molecule has 112 valence electrons. The van der Waals surface area contributed by atoms with E-state index < -0.39 is 0 Å². The first-order valence-corrected chi connectivity index (χ1v) is 8.89. The fourth-order valence-electron chi connectivity index (χ4n) is 3.93. The molecule has 2 aromatic rings. The van der Waals surface area contributed by atoms with Gasteiger partial charge in [0, 0.05) is 10.8 Å². The normalized spacial score (nSPS) is 25.4. The highest BCUT2D eigenvalue weighted by atomic mass is 32.1. The summed E-state index contributed by atoms with van der Waals surface area (Å²) in [4.78, 5) is 24.1. The Labute approximate surface area is 128 Å². The second kappa shape index (κ2) is 5.21. The third kappa shape index (κ3) is 2.42. The van der Waals surface area contributed by atoms with Crippen molar-refractivity contribution in [2.75, 3.05) is 13.1 Å². The Hall–Kier alpha value is -1.20. The number of aromatic amines is 1. The van der Waals surface area contributed by atoms with Crippen molar-refractivity contribution in [2.24, 2.45) is 5.92 Å². The molecule has 5 heteroatoms. The fourth-order valence-corrected chi connectivity index (χ4v) is 5.21. The molecule has 2 aliphatic rings. The van der Waals surface area contributed by atoms with Gasteiger partial charge in [-0.25, -0.2) is 4.98 Å². The van der Waals surface area contributed by atoms with Crippen molar-refractivity contribution in [3.8, 4) is 0 Å². The van der Waals surface area contributed by atoms with Gasteiger partial charge in [0.05, 0.1) is 18.5 Å². The lowest BCUT2D eigenvalue weighted by molar-refractivity contribution is -0.922. The molecule has 0 radical (unpaired) electrons. The van der Waals surface area contributed by atoms with Crippen LogP contribution in [0.2, 0.25) is 0 Å². The number of thiophene rings is 1. The van der Waals surface area contributed by atoms with E-state index >= 15 is 0 Å². The summed E-state index contributed by atoms with van der Waals surface area (Å²) in [6, 6.07) is 0. The van der Waals surface area contributed by atoms with E-state index in [0.29, 0.717) is 0 Å². The summed E-state index contributed by atoms with van der Waals surface area (Å²) in [5.41, 5.74) is 1.35. The number of quaternary nitrogens is 1. The highest BCUT2D eigenvalue weighted by Crippen LogP contribution is 2.34. The van der Waals surface area contributed by atoms with E-state index in [1.807, 2.05) is 0 Å². The van der Waals surface area contributed by atoms with Crippen molar-refractivity contribution in [3.63, 3.8) is 0 Å². The van der Waals surface area contributed by atoms with Gasteiger partial charge in [-0.2, -0.15) is 0 Å². The summed E-state index contributed by atoms with van der Waals surface area (Å²) < 4.78 is 0. The molecule has 1 fully saturated rings. The molecule has 3 heterocycles. The van der Waals surface area contributed by atoms with Crippen LogP contribution in [0.5, 0.6) is 0 Å². The number of rotatable bonds is 2. The Morgan fingerprint density at radius 1 is 1.38 bits per heavy atom. The predicted molar refractivity (Wildman–Crippen MR) is 85.1 cm³/mol. The summed E-state index contributed by atoms with van der Waals surface area (Å²) in [5, 5.41) is 0.873. The second-order valence-electron chi connectivity index (χ2n) is 6.68. The van der Waals surface area contributed by atoms with Gasteiger partial charge in [-0.1, -0.05) is 6.92 Å². The number of likely N-dealkylation sites (tertiary alicyclic amines) is 1. The van der Waals surface area contributed by atoms with Gasteiger partial charge in [0.2, 0.25) is 0 Å². The average Bonchev–Trinajstić information content (AvgIpc) is 2.98. The standard InChI is InChI=1S/C16H21N3OS/c1-10-4-3-7-19(8-10)9-13-17-15(20)14-11-5-2-6-12(11)21-16(14)18-13/h10H,2-9H2,1H3,(H,17,18,20)/p+1/t10-/m0/s1. The molecule has 1 unspecified atom stereocenters. The Bertz CT molecular complexity index is 733. The quantitative estimate of drug-likeness (QED) is 0.878. The van der Waals surface area contributed by atoms with E-state index in [-0.39, 0.29) is 5.56 Å². The third-order valence-electron chi connectivity index (χ3n) is 4.91. The highest BCUT2D eigenvalue weighted by Gasteiger charge is 2.23. The van der Waals surface area contributed by atoms with Gasteiger partial charge >= 0.3 is 0 Å². The van der Waals surface area contributed by atoms with Crippen LogP contribution in [-0.4, -0.2) is 23.1 Å². The minimum absolute atomic E-state index is 0.0823. The Balaban J connectivity index is 1.66. The zero-order valence-corrected chi connectivity index (χ0v) is 13.3. The maximum absolute atomic E-state index is 12.4. The van der Waals surface area contributed by atoms with Crippen molar-refractivity contribution in [1.82, 2.24) is 9.97 Å². The molecule has 2 aromatic heterocycles. The van der Waals surface area contributed by atoms with Gasteiger partial charge in [0.1, 0.15) is 11.4 Å². The van der Waals surface area contributed by atoms with Crippen molar-refractivity contribution in [2.45, 2.75) is 45.6 Å². The summed E-state index contributed by atoms with van der Waals surface area (Å²) >= 11 is 1.74. The molecule has 0 bridgehead atoms. The summed E-state index contributed by atoms with van der Waals surface area (Å²) in [5.74, 6) is 1.66. The minimum Gasteiger partial charge on any atom is -0.328 e. The van der Waals surface area contributed by atoms with Gasteiger partial charge in [0.25, 0.3) is 5.56 Å². The van der Waals surface area contributed by atoms with Crippen LogP contribution in [0.4, 0.5) is 0 Å². The Morgan fingerprint density at radius 3 is 3.14 bits per heavy atom. The first kappa shape index (κ1) is 13.5. The van der Waals surface area contributed by atoms with E-state index in [4.69, 9.17) is 4.98 Å². The number of aryl methyl sites for hydroxylation is 2. The molecular weight excluding hydrogens is 282 g/mol. The lowest BCUT2D eigenvalue weighted by atomic mass is 10.0. The zero-order chi connectivity index (χ0) is 14.4. The summed E-state index contributed by atoms with van der Waals surface area (Å²) in [6.45, 7) is 5.58. The molecule has 0 aromatic carbocycles. The number of nitrogens with zero attached hydrogens (tertiary/aromatic N) is 1. The molecule has 1 saturated heterocycles. The predicted octanol–water partition coefficient (Wildman–Crippen LogP) is 1.29. The van der Waals surface area contributed by atoms with Gasteiger partial charge in [-0.3, -0.25) is 4.79 Å². The van der Waals surface area contributed by atoms with Crippen LogP contribution in [0.15, 0.2) is 4.79 Å². The molecule has 1 aliphatic heterocycles. The van der Waals surface area contributed by atoms with Crippen molar-refractivity contribution in [1.29, 1.82) is 0 Å². The Morgan fingerprint density at radius 2 is 2.29 bits per heavy atom. The average molecular weight is 304 g/mol. The van der Waals surface area contributed by atoms with Crippen LogP contribution in [-0.2, 0) is 19.4 Å². The monoisotopic (exact) mass is 304 g/mol. The molecule has 0 spiro atoms. The Kier molecular flexibility index (Phi) is 3.34. The highest BCUT2D eigenvalue weighted by molar-refractivity contribution is 7.18. The molecular formula is C16H22N3OS+. The first-order valence-electron chi connectivity index (χ1n) is 8.07. The number of fused-ring (bicyclic) bond motifs is 3. The largest absolute Gasteiger partial charge is 0.328 e. The van der Waals surface area contributed by atoms with Crippen LogP contribution >= 0.6 is 11.3 Å². The summed E-state index contributed by atoms with van der Waals surface area (Å²) in [6.07, 6.45) is 5.99. The van der Waals surface area contributed by atoms with E-state index in [9.17, 15) is 4.79 Å². The maximum atomic E-state index is 12.4. The van der Waals surface area contributed by atoms with Crippen LogP contribution in [0, 0.1) is 5.92 Å². The molecule has 4 nitrogen and oxygen atoms in total. The molecule has 21 heavy (non-hydrogen) atoms. The van der Waals surface area contributed by atoms with Crippen LogP contribution in [0.25, 0.3) is 10.2 Å². The maximum Gasteiger partial charge on any atom is 0.260 e. The SMILES string of the molecule is C[C@H]1CCC[NH+](Cc2nc3sc4c(c3c(=O)[nH]2)CCC4)C1. The minimum atomic E-state index is 0.0823. The molecule has 1 aliphatic carbocycles. The zero-order valence-electron chi connectivity index (χ0n) is 12.5. The van der Waals surface area contributed by atoms with Crippen molar-refractivity contribution in [3.05, 3.63) is 26.6 Å². The molecule has 2 N–H and O–H groups in total. The third-order valence-corrected chi connectivity index (χ3v) is 6.09. The van der Waals surface area contributed by atoms with E-state index in [1.54, 1.807) is 16.2 Å². The lowest BCUT2D eigenvalue weighted by Gasteiger charge is -2.27. The topological polar surface area (TPSA) is 50.2 Å². The van der Waals surface area contributed by atoms with Gasteiger partial charge < -0.3 is 9.88 Å². The van der Waals surface area contributed by atoms with E-state index in [0.717, 1.165) is 41.3 Å². The molecule has 2 atom stereocenters. The van der Waals surface area contributed by atoms with Crippen LogP contribution in [0.3, 0.4) is 0 Å². The number of hydrogen-bond donors (Lipinski definition) is 2. The number of hydrogen-bond acceptors (Lipinski definition) is 3. The van der Waals surface area contributed by atoms with E-state index in [2.05, 4.69) is 11.9 Å². The van der Waals surface area contributed by atoms with Gasteiger partial charge in [0.15, 0.2) is 5.82 Å². The number of nitrogens with one attached hydrogen (secondary N) is 2. The van der Waals surface area contributed by atoms with Crippen LogP contribution < -0.4 is 10.5 Å². The van der Waals surface area contributed by atoms with Crippen molar-refractivity contribution >= 4 is 21.6 Å². The number of aromatic nitrogens is 2. The van der Waals surface area contributed by atoms with E-state index in [1.165, 1.54) is 42.8 Å². The van der Waals surface area contributed by atoms with Crippen molar-refractivity contribution < 1.29 is 4.90 Å². The smallest absolute Gasteiger partial charge is 0.260 e. The van der Waals surface area contributed by atoms with Gasteiger partial charge in [-0.15, -0.1) is 11.3 Å². The summed E-state index contributed by atoms with van der Waals surface area (Å²) in [7, 11) is 0. The number of H-pyrrole nitrogens is 1. The molecule has 0 amide bonds. The fraction of sp³-hybridized carbons (Fsp3) is 0.625. The van der Waals surface area contributed by atoms with Crippen LogP contribution in [0.1, 0.15) is 42.5 Å². The lowest BCUT2D eigenvalue weighted by Crippen LogP contribution is -3.12. The molecule has 0 saturated carbocycles. The van der Waals surface area contributed by atoms with Gasteiger partial charge in [-0.05, 0) is 37.7 Å². The molecule has 4 rings (SSSR count).